The predicted octanol–water partition coefficient (Wildman–Crippen LogP) is 4.12. The number of hydrogen-bond acceptors (Lipinski definition) is 8. The van der Waals surface area contributed by atoms with Gasteiger partial charge < -0.3 is 29.6 Å². The van der Waals surface area contributed by atoms with Crippen LogP contribution in [0.1, 0.15) is 18.4 Å². The first-order valence-electron chi connectivity index (χ1n) is 12.5. The zero-order chi connectivity index (χ0) is 27.8. The van der Waals surface area contributed by atoms with Gasteiger partial charge >= 0.3 is 0 Å². The number of ether oxygens (including phenoxy) is 4. The number of nitrogens with one attached hydrogen (secondary N) is 3. The number of aryl methyl sites for hydroxylation is 1. The van der Waals surface area contributed by atoms with E-state index in [0.717, 1.165) is 24.9 Å². The van der Waals surface area contributed by atoms with Crippen LogP contribution in [-0.2, 0) is 24.3 Å². The van der Waals surface area contributed by atoms with E-state index in [9.17, 15) is 13.2 Å². The van der Waals surface area contributed by atoms with Gasteiger partial charge in [0.2, 0.25) is 5.91 Å². The maximum Gasteiger partial charge on any atom is 0.262 e. The molecule has 1 aliphatic heterocycles. The van der Waals surface area contributed by atoms with Crippen molar-refractivity contribution in [3.63, 3.8) is 0 Å². The SMILES string of the molecule is COCOc1c(NC(=O)C2CCCN2)cccc1-c1cccc(NS(=O)(=O)c2ccc(C)cc2)c1OCOC. The van der Waals surface area contributed by atoms with Gasteiger partial charge in [-0.2, -0.15) is 0 Å². The summed E-state index contributed by atoms with van der Waals surface area (Å²) >= 11 is 0. The zero-order valence-corrected chi connectivity index (χ0v) is 23.0. The number of carbonyl (C=O) groups is 1. The highest BCUT2D eigenvalue weighted by Gasteiger charge is 2.25. The summed E-state index contributed by atoms with van der Waals surface area (Å²) in [5, 5.41) is 6.14. The van der Waals surface area contributed by atoms with Gasteiger partial charge in [-0.1, -0.05) is 42.0 Å². The summed E-state index contributed by atoms with van der Waals surface area (Å²) < 4.78 is 51.2. The first-order chi connectivity index (χ1) is 18.8. The third-order valence-electron chi connectivity index (χ3n) is 6.17. The minimum atomic E-state index is -3.92. The Balaban J connectivity index is 1.77. The fraction of sp³-hybridized carbons (Fsp3) is 0.321. The Morgan fingerprint density at radius 3 is 2.05 bits per heavy atom. The quantitative estimate of drug-likeness (QED) is 0.285. The van der Waals surface area contributed by atoms with E-state index in [0.29, 0.717) is 22.6 Å². The standard InChI is InChI=1S/C28H33N3O7S/c1-19-12-14-20(15-13-19)39(33,34)31-24-10-5-8-22(27(24)38-18-36-3)21-7-4-9-23(26(21)37-17-35-2)30-28(32)25-11-6-16-29-25/h4-5,7-10,12-15,25,29,31H,6,11,16-18H2,1-3H3,(H,30,32). The maximum atomic E-state index is 13.2. The predicted molar refractivity (Wildman–Crippen MR) is 149 cm³/mol. The van der Waals surface area contributed by atoms with Crippen LogP contribution in [0.25, 0.3) is 11.1 Å². The van der Waals surface area contributed by atoms with Crippen LogP contribution in [0.3, 0.4) is 0 Å². The van der Waals surface area contributed by atoms with Crippen molar-refractivity contribution in [1.82, 2.24) is 5.32 Å². The number of anilines is 2. The van der Waals surface area contributed by atoms with Crippen molar-refractivity contribution in [2.24, 2.45) is 0 Å². The van der Waals surface area contributed by atoms with Crippen LogP contribution < -0.4 is 24.8 Å². The number of hydrogen-bond donors (Lipinski definition) is 3. The molecule has 1 amide bonds. The number of benzene rings is 3. The summed E-state index contributed by atoms with van der Waals surface area (Å²) in [6.45, 7) is 2.47. The lowest BCUT2D eigenvalue weighted by atomic mass is 10.0. The lowest BCUT2D eigenvalue weighted by Crippen LogP contribution is -2.35. The van der Waals surface area contributed by atoms with Gasteiger partial charge in [-0.15, -0.1) is 0 Å². The van der Waals surface area contributed by atoms with Crippen molar-refractivity contribution in [2.75, 3.05) is 44.4 Å². The van der Waals surface area contributed by atoms with Crippen molar-refractivity contribution < 1.29 is 32.2 Å². The van der Waals surface area contributed by atoms with Crippen LogP contribution in [0.15, 0.2) is 65.6 Å². The van der Waals surface area contributed by atoms with Gasteiger partial charge in [0.1, 0.15) is 0 Å². The molecule has 1 unspecified atom stereocenters. The van der Waals surface area contributed by atoms with Crippen LogP contribution in [0, 0.1) is 6.92 Å². The van der Waals surface area contributed by atoms with Crippen LogP contribution in [0.5, 0.6) is 11.5 Å². The molecule has 1 fully saturated rings. The van der Waals surface area contributed by atoms with E-state index in [1.54, 1.807) is 60.7 Å². The summed E-state index contributed by atoms with van der Waals surface area (Å²) in [6, 6.07) is 16.6. The van der Waals surface area contributed by atoms with E-state index in [1.165, 1.54) is 14.2 Å². The Morgan fingerprint density at radius 2 is 1.49 bits per heavy atom. The highest BCUT2D eigenvalue weighted by molar-refractivity contribution is 7.92. The van der Waals surface area contributed by atoms with E-state index in [1.807, 2.05) is 6.92 Å². The van der Waals surface area contributed by atoms with Crippen LogP contribution in [0.4, 0.5) is 11.4 Å². The van der Waals surface area contributed by atoms with Crippen molar-refractivity contribution >= 4 is 27.3 Å². The average Bonchev–Trinajstić information content (AvgIpc) is 3.47. The molecule has 3 aromatic rings. The summed E-state index contributed by atoms with van der Waals surface area (Å²) in [7, 11) is -0.952. The first kappa shape index (κ1) is 28.4. The Kier molecular flexibility index (Phi) is 9.41. The molecule has 1 saturated heterocycles. The Bertz CT molecular complexity index is 1390. The average molecular weight is 556 g/mol. The second kappa shape index (κ2) is 12.9. The van der Waals surface area contributed by atoms with Crippen molar-refractivity contribution in [1.29, 1.82) is 0 Å². The molecule has 1 heterocycles. The molecular formula is C28H33N3O7S. The minimum absolute atomic E-state index is 0.0738. The number of rotatable bonds is 12. The van der Waals surface area contributed by atoms with Gasteiger partial charge in [-0.05, 0) is 50.6 Å². The molecule has 0 saturated carbocycles. The second-order valence-corrected chi connectivity index (χ2v) is 10.7. The molecule has 11 heteroatoms. The third-order valence-corrected chi connectivity index (χ3v) is 7.55. The molecule has 0 aliphatic carbocycles. The van der Waals surface area contributed by atoms with Gasteiger partial charge in [0, 0.05) is 25.3 Å². The number of methoxy groups -OCH3 is 2. The monoisotopic (exact) mass is 555 g/mol. The van der Waals surface area contributed by atoms with Crippen LogP contribution in [-0.4, -0.2) is 54.7 Å². The number of sulfonamides is 1. The Labute approximate surface area is 228 Å². The lowest BCUT2D eigenvalue weighted by molar-refractivity contribution is -0.117. The summed E-state index contributed by atoms with van der Waals surface area (Å²) in [5.41, 5.74) is 2.70. The van der Waals surface area contributed by atoms with Gasteiger partial charge in [0.25, 0.3) is 10.0 Å². The van der Waals surface area contributed by atoms with Gasteiger partial charge in [-0.3, -0.25) is 9.52 Å². The van der Waals surface area contributed by atoms with Gasteiger partial charge in [0.15, 0.2) is 25.1 Å². The Hall–Kier alpha value is -3.64. The fourth-order valence-corrected chi connectivity index (χ4v) is 5.34. The highest BCUT2D eigenvalue weighted by Crippen LogP contribution is 2.44. The smallest absolute Gasteiger partial charge is 0.262 e. The second-order valence-electron chi connectivity index (χ2n) is 9.02. The molecule has 3 aromatic carbocycles. The van der Waals surface area contributed by atoms with Crippen molar-refractivity contribution in [3.8, 4) is 22.6 Å². The first-order valence-corrected chi connectivity index (χ1v) is 14.0. The molecule has 1 aliphatic rings. The van der Waals surface area contributed by atoms with E-state index in [-0.39, 0.29) is 41.9 Å². The largest absolute Gasteiger partial charge is 0.465 e. The topological polar surface area (TPSA) is 124 Å². The van der Waals surface area contributed by atoms with E-state index in [2.05, 4.69) is 15.4 Å². The maximum absolute atomic E-state index is 13.2. The fourth-order valence-electron chi connectivity index (χ4n) is 4.27. The molecule has 0 aromatic heterocycles. The van der Waals surface area contributed by atoms with Gasteiger partial charge in [0.05, 0.1) is 22.3 Å². The zero-order valence-electron chi connectivity index (χ0n) is 22.2. The molecule has 0 bridgehead atoms. The molecular weight excluding hydrogens is 522 g/mol. The summed E-state index contributed by atoms with van der Waals surface area (Å²) in [6.07, 6.45) is 1.68. The number of carbonyl (C=O) groups excluding carboxylic acids is 1. The molecule has 1 atom stereocenters. The molecule has 3 N–H and O–H groups in total. The van der Waals surface area contributed by atoms with E-state index in [4.69, 9.17) is 18.9 Å². The molecule has 39 heavy (non-hydrogen) atoms. The van der Waals surface area contributed by atoms with Crippen LogP contribution >= 0.6 is 0 Å². The normalized spacial score (nSPS) is 15.1. The Morgan fingerprint density at radius 1 is 0.897 bits per heavy atom. The van der Waals surface area contributed by atoms with Crippen molar-refractivity contribution in [2.45, 2.75) is 30.7 Å². The van der Waals surface area contributed by atoms with Crippen LogP contribution in [0.2, 0.25) is 0 Å². The van der Waals surface area contributed by atoms with E-state index < -0.39 is 10.0 Å². The molecule has 208 valence electrons. The summed E-state index contributed by atoms with van der Waals surface area (Å²) in [4.78, 5) is 13.0. The summed E-state index contributed by atoms with van der Waals surface area (Å²) in [5.74, 6) is 0.423. The molecule has 10 nitrogen and oxygen atoms in total. The third kappa shape index (κ3) is 6.87. The highest BCUT2D eigenvalue weighted by atomic mass is 32.2. The molecule has 0 radical (unpaired) electrons. The number of amides is 1. The van der Waals surface area contributed by atoms with Crippen molar-refractivity contribution in [3.05, 3.63) is 66.2 Å². The molecule has 4 rings (SSSR count). The lowest BCUT2D eigenvalue weighted by Gasteiger charge is -2.21. The minimum Gasteiger partial charge on any atom is -0.465 e. The molecule has 0 spiro atoms. The van der Waals surface area contributed by atoms with Gasteiger partial charge in [-0.25, -0.2) is 8.42 Å². The van der Waals surface area contributed by atoms with E-state index >= 15 is 0 Å². The number of para-hydroxylation sites is 2.